The monoisotopic (exact) mass is 255 g/mol. The molecule has 0 saturated heterocycles. The van der Waals surface area contributed by atoms with Crippen LogP contribution < -0.4 is 16.4 Å². The number of hydrogen-bond acceptors (Lipinski definition) is 7. The Balaban J connectivity index is 3.13. The van der Waals surface area contributed by atoms with E-state index in [9.17, 15) is 0 Å². The van der Waals surface area contributed by atoms with E-state index in [4.69, 9.17) is 21.8 Å². The molecule has 1 aromatic rings. The summed E-state index contributed by atoms with van der Waals surface area (Å²) >= 11 is 0. The van der Waals surface area contributed by atoms with Crippen molar-refractivity contribution < 1.29 is 0 Å². The summed E-state index contributed by atoms with van der Waals surface area (Å²) in [5.41, 5.74) is 6.43. The molecule has 6 N–H and O–H groups in total. The number of nitrogens with two attached hydrogens (primary N) is 1. The van der Waals surface area contributed by atoms with Crippen molar-refractivity contribution in [3.05, 3.63) is 36.2 Å². The summed E-state index contributed by atoms with van der Waals surface area (Å²) in [7, 11) is 0. The molecule has 96 valence electrons. The molecule has 0 aromatic carbocycles. The zero-order valence-electron chi connectivity index (χ0n) is 10.0. The Labute approximate surface area is 110 Å². The molecule has 0 spiro atoms. The van der Waals surface area contributed by atoms with Gasteiger partial charge >= 0.3 is 0 Å². The van der Waals surface area contributed by atoms with Crippen molar-refractivity contribution in [2.24, 2.45) is 0 Å². The topological polar surface area (TPSA) is 134 Å². The lowest BCUT2D eigenvalue weighted by atomic mass is 10.2. The first-order valence-electron chi connectivity index (χ1n) is 5.27. The fourth-order valence-corrected chi connectivity index (χ4v) is 1.26. The van der Waals surface area contributed by atoms with Crippen molar-refractivity contribution in [3.8, 4) is 6.07 Å². The third kappa shape index (κ3) is 3.98. The van der Waals surface area contributed by atoms with Gasteiger partial charge < -0.3 is 27.2 Å². The van der Waals surface area contributed by atoms with E-state index >= 15 is 0 Å². The Morgan fingerprint density at radius 3 is 2.42 bits per heavy atom. The van der Waals surface area contributed by atoms with Crippen LogP contribution in [-0.4, -0.2) is 17.4 Å². The Hall–Kier alpha value is -3.14. The molecule has 0 atom stereocenters. The molecule has 7 nitrogen and oxygen atoms in total. The van der Waals surface area contributed by atoms with Crippen LogP contribution in [-0.2, 0) is 0 Å². The molecule has 0 unspecified atom stereocenters. The standard InChI is InChI=1S/C12H13N7/c13-3-1-5-17-10-7-11(16)19-12(9(10)8-15)18-6-2-4-14/h1-7,13-14H,(H4,16,17,18,19)/b5-1-,6-2-,13-3?,14-4?. The summed E-state index contributed by atoms with van der Waals surface area (Å²) in [6.45, 7) is 0. The molecular weight excluding hydrogens is 242 g/mol. The predicted molar refractivity (Wildman–Crippen MR) is 76.5 cm³/mol. The minimum atomic E-state index is 0.246. The molecule has 0 bridgehead atoms. The van der Waals surface area contributed by atoms with Gasteiger partial charge in [-0.25, -0.2) is 4.98 Å². The number of allylic oxidation sites excluding steroid dienone is 2. The highest BCUT2D eigenvalue weighted by molar-refractivity contribution is 5.75. The largest absolute Gasteiger partial charge is 0.384 e. The number of anilines is 3. The van der Waals surface area contributed by atoms with Crippen LogP contribution in [0.4, 0.5) is 17.3 Å². The molecule has 0 saturated carbocycles. The average Bonchev–Trinajstić information content (AvgIpc) is 2.39. The number of nitrogen functional groups attached to an aromatic ring is 1. The Kier molecular flexibility index (Phi) is 5.30. The summed E-state index contributed by atoms with van der Waals surface area (Å²) in [5, 5.41) is 28.5. The lowest BCUT2D eigenvalue weighted by molar-refractivity contribution is 1.29. The molecule has 0 fully saturated rings. The van der Waals surface area contributed by atoms with Crippen LogP contribution in [0.2, 0.25) is 0 Å². The van der Waals surface area contributed by atoms with E-state index in [1.165, 1.54) is 30.6 Å². The number of rotatable bonds is 6. The summed E-state index contributed by atoms with van der Waals surface area (Å²) in [6.07, 6.45) is 8.12. The van der Waals surface area contributed by atoms with E-state index in [2.05, 4.69) is 15.6 Å². The van der Waals surface area contributed by atoms with Gasteiger partial charge in [0.2, 0.25) is 0 Å². The number of nitrogens with zero attached hydrogens (tertiary/aromatic N) is 2. The smallest absolute Gasteiger partial charge is 0.152 e. The van der Waals surface area contributed by atoms with Crippen molar-refractivity contribution in [3.63, 3.8) is 0 Å². The highest BCUT2D eigenvalue weighted by Gasteiger charge is 2.09. The maximum Gasteiger partial charge on any atom is 0.152 e. The molecule has 0 aliphatic rings. The van der Waals surface area contributed by atoms with E-state index in [1.807, 2.05) is 6.07 Å². The first kappa shape index (κ1) is 13.9. The molecule has 1 heterocycles. The van der Waals surface area contributed by atoms with Gasteiger partial charge in [0.1, 0.15) is 17.5 Å². The van der Waals surface area contributed by atoms with Crippen LogP contribution in [0.5, 0.6) is 0 Å². The van der Waals surface area contributed by atoms with E-state index in [0.717, 1.165) is 12.4 Å². The lowest BCUT2D eigenvalue weighted by Crippen LogP contribution is -2.03. The van der Waals surface area contributed by atoms with Crippen LogP contribution in [0.25, 0.3) is 0 Å². The van der Waals surface area contributed by atoms with E-state index in [1.54, 1.807) is 0 Å². The van der Waals surface area contributed by atoms with Gasteiger partial charge in [0, 0.05) is 30.9 Å². The number of pyridine rings is 1. The van der Waals surface area contributed by atoms with Gasteiger partial charge in [0.25, 0.3) is 0 Å². The van der Waals surface area contributed by atoms with E-state index in [-0.39, 0.29) is 5.82 Å². The summed E-state index contributed by atoms with van der Waals surface area (Å²) in [4.78, 5) is 4.01. The van der Waals surface area contributed by atoms with Crippen LogP contribution in [0, 0.1) is 22.1 Å². The third-order valence-corrected chi connectivity index (χ3v) is 1.99. The molecule has 1 rings (SSSR count). The average molecular weight is 255 g/mol. The van der Waals surface area contributed by atoms with Crippen molar-refractivity contribution >= 4 is 29.8 Å². The quantitative estimate of drug-likeness (QED) is 0.493. The van der Waals surface area contributed by atoms with Crippen LogP contribution in [0.15, 0.2) is 30.6 Å². The highest BCUT2D eigenvalue weighted by atomic mass is 15.0. The molecule has 7 heteroatoms. The summed E-state index contributed by atoms with van der Waals surface area (Å²) < 4.78 is 0. The molecule has 19 heavy (non-hydrogen) atoms. The van der Waals surface area contributed by atoms with Gasteiger partial charge in [-0.15, -0.1) is 0 Å². The molecule has 0 aliphatic carbocycles. The fourth-order valence-electron chi connectivity index (χ4n) is 1.26. The van der Waals surface area contributed by atoms with Crippen LogP contribution >= 0.6 is 0 Å². The number of aromatic nitrogens is 1. The Morgan fingerprint density at radius 1 is 1.21 bits per heavy atom. The van der Waals surface area contributed by atoms with Crippen LogP contribution in [0.3, 0.4) is 0 Å². The zero-order valence-corrected chi connectivity index (χ0v) is 10.0. The first-order valence-corrected chi connectivity index (χ1v) is 5.27. The fraction of sp³-hybridized carbons (Fsp3) is 0. The van der Waals surface area contributed by atoms with E-state index in [0.29, 0.717) is 17.1 Å². The molecule has 0 radical (unpaired) electrons. The van der Waals surface area contributed by atoms with Gasteiger partial charge in [-0.3, -0.25) is 0 Å². The minimum Gasteiger partial charge on any atom is -0.384 e. The normalized spacial score (nSPS) is 10.3. The predicted octanol–water partition coefficient (Wildman–Crippen LogP) is 1.69. The number of hydrogen-bond donors (Lipinski definition) is 5. The van der Waals surface area contributed by atoms with Crippen molar-refractivity contribution in [2.75, 3.05) is 16.4 Å². The molecular formula is C12H13N7. The maximum absolute atomic E-state index is 9.15. The van der Waals surface area contributed by atoms with Gasteiger partial charge in [-0.05, 0) is 12.2 Å². The van der Waals surface area contributed by atoms with E-state index < -0.39 is 0 Å². The third-order valence-electron chi connectivity index (χ3n) is 1.99. The van der Waals surface area contributed by atoms with Crippen molar-refractivity contribution in [1.29, 1.82) is 16.1 Å². The second kappa shape index (κ2) is 7.24. The first-order chi connectivity index (χ1) is 9.22. The molecule has 1 aromatic heterocycles. The maximum atomic E-state index is 9.15. The van der Waals surface area contributed by atoms with Gasteiger partial charge in [0.15, 0.2) is 5.82 Å². The second-order valence-corrected chi connectivity index (χ2v) is 3.27. The Morgan fingerprint density at radius 2 is 1.84 bits per heavy atom. The minimum absolute atomic E-state index is 0.246. The second-order valence-electron chi connectivity index (χ2n) is 3.27. The van der Waals surface area contributed by atoms with Crippen LogP contribution in [0.1, 0.15) is 5.56 Å². The molecule has 0 amide bonds. The number of nitrogens with one attached hydrogen (secondary N) is 4. The SMILES string of the molecule is N#Cc1c(N/C=C\C=N)cc(N)nc1N/C=C\C=N. The summed E-state index contributed by atoms with van der Waals surface area (Å²) in [5.74, 6) is 0.543. The lowest BCUT2D eigenvalue weighted by Gasteiger charge is -2.09. The number of nitriles is 1. The van der Waals surface area contributed by atoms with Gasteiger partial charge in [-0.2, -0.15) is 5.26 Å². The summed E-state index contributed by atoms with van der Waals surface area (Å²) in [6, 6.07) is 3.55. The van der Waals surface area contributed by atoms with Gasteiger partial charge in [0.05, 0.1) is 5.69 Å². The van der Waals surface area contributed by atoms with Crippen molar-refractivity contribution in [2.45, 2.75) is 0 Å². The van der Waals surface area contributed by atoms with Gasteiger partial charge in [-0.1, -0.05) is 0 Å². The molecule has 0 aliphatic heterocycles. The van der Waals surface area contributed by atoms with Crippen molar-refractivity contribution in [1.82, 2.24) is 4.98 Å². The highest BCUT2D eigenvalue weighted by Crippen LogP contribution is 2.24. The Bertz CT molecular complexity index is 525. The zero-order chi connectivity index (χ0) is 14.1.